The van der Waals surface area contributed by atoms with Gasteiger partial charge >= 0.3 is 0 Å². The molecule has 1 aromatic carbocycles. The van der Waals surface area contributed by atoms with Crippen LogP contribution in [0.25, 0.3) is 0 Å². The van der Waals surface area contributed by atoms with Crippen LogP contribution in [0.3, 0.4) is 0 Å². The van der Waals surface area contributed by atoms with E-state index in [-0.39, 0.29) is 11.5 Å². The fourth-order valence-electron chi connectivity index (χ4n) is 2.56. The molecular formula is C15H23ClN2O2S. The van der Waals surface area contributed by atoms with E-state index in [2.05, 4.69) is 17.1 Å². The highest BCUT2D eigenvalue weighted by Crippen LogP contribution is 2.26. The van der Waals surface area contributed by atoms with Gasteiger partial charge in [-0.1, -0.05) is 24.6 Å². The van der Waals surface area contributed by atoms with Gasteiger partial charge in [0.2, 0.25) is 0 Å². The molecular weight excluding hydrogens is 308 g/mol. The first-order valence-electron chi connectivity index (χ1n) is 7.46. The van der Waals surface area contributed by atoms with E-state index in [4.69, 9.17) is 11.6 Å². The van der Waals surface area contributed by atoms with E-state index >= 15 is 0 Å². The molecule has 21 heavy (non-hydrogen) atoms. The summed E-state index contributed by atoms with van der Waals surface area (Å²) >= 11 is 6.13. The van der Waals surface area contributed by atoms with Crippen molar-refractivity contribution in [2.24, 2.45) is 0 Å². The second-order valence-electron chi connectivity index (χ2n) is 5.44. The molecule has 1 saturated heterocycles. The first-order valence-corrected chi connectivity index (χ1v) is 9.66. The number of sulfone groups is 1. The molecule has 1 aliphatic heterocycles. The summed E-state index contributed by atoms with van der Waals surface area (Å²) in [5, 5.41) is 4.09. The summed E-state index contributed by atoms with van der Waals surface area (Å²) in [5.41, 5.74) is 2.23. The molecule has 0 unspecified atom stereocenters. The highest BCUT2D eigenvalue weighted by atomic mass is 35.5. The number of anilines is 1. The second-order valence-corrected chi connectivity index (χ2v) is 8.18. The van der Waals surface area contributed by atoms with E-state index in [0.29, 0.717) is 18.0 Å². The summed E-state index contributed by atoms with van der Waals surface area (Å²) < 4.78 is 23.5. The van der Waals surface area contributed by atoms with Crippen molar-refractivity contribution in [3.05, 3.63) is 28.8 Å². The largest absolute Gasteiger partial charge is 0.370 e. The van der Waals surface area contributed by atoms with Gasteiger partial charge in [-0.05, 0) is 37.1 Å². The molecule has 1 heterocycles. The quantitative estimate of drug-likeness (QED) is 0.843. The Hall–Kier alpha value is -0.780. The minimum absolute atomic E-state index is 0.224. The Morgan fingerprint density at radius 3 is 2.86 bits per heavy atom. The third kappa shape index (κ3) is 4.87. The summed E-state index contributed by atoms with van der Waals surface area (Å²) in [5.74, 6) is 0.509. The van der Waals surface area contributed by atoms with Gasteiger partial charge in [-0.3, -0.25) is 0 Å². The van der Waals surface area contributed by atoms with Gasteiger partial charge in [-0.25, -0.2) is 8.42 Å². The van der Waals surface area contributed by atoms with Crippen LogP contribution in [0.15, 0.2) is 18.2 Å². The summed E-state index contributed by atoms with van der Waals surface area (Å²) in [6.07, 6.45) is 1.77. The zero-order chi connectivity index (χ0) is 15.3. The van der Waals surface area contributed by atoms with E-state index in [0.717, 1.165) is 31.7 Å². The molecule has 1 fully saturated rings. The minimum Gasteiger partial charge on any atom is -0.370 e. The number of nitrogens with zero attached hydrogens (tertiary/aromatic N) is 1. The average Bonchev–Trinajstić information content (AvgIpc) is 2.61. The number of hydrogen-bond acceptors (Lipinski definition) is 4. The van der Waals surface area contributed by atoms with Crippen molar-refractivity contribution in [3.63, 3.8) is 0 Å². The highest BCUT2D eigenvalue weighted by molar-refractivity contribution is 7.91. The molecule has 6 heteroatoms. The number of hydrogen-bond donors (Lipinski definition) is 1. The Kier molecular flexibility index (Phi) is 5.90. The van der Waals surface area contributed by atoms with E-state index in [1.165, 1.54) is 5.56 Å². The maximum atomic E-state index is 11.7. The van der Waals surface area contributed by atoms with Crippen LogP contribution in [0.1, 0.15) is 25.3 Å². The Balaban J connectivity index is 2.18. The van der Waals surface area contributed by atoms with Crippen molar-refractivity contribution in [2.75, 3.05) is 36.0 Å². The monoisotopic (exact) mass is 330 g/mol. The van der Waals surface area contributed by atoms with Crippen molar-refractivity contribution in [2.45, 2.75) is 26.3 Å². The van der Waals surface area contributed by atoms with Crippen molar-refractivity contribution >= 4 is 27.1 Å². The Morgan fingerprint density at radius 2 is 2.10 bits per heavy atom. The van der Waals surface area contributed by atoms with Crippen molar-refractivity contribution in [1.29, 1.82) is 0 Å². The van der Waals surface area contributed by atoms with Gasteiger partial charge in [0, 0.05) is 30.3 Å². The van der Waals surface area contributed by atoms with Gasteiger partial charge in [0.05, 0.1) is 11.5 Å². The molecule has 1 N–H and O–H groups in total. The lowest BCUT2D eigenvalue weighted by molar-refractivity contribution is 0.597. The Bertz CT molecular complexity index is 575. The summed E-state index contributed by atoms with van der Waals surface area (Å²) in [4.78, 5) is 2.15. The lowest BCUT2D eigenvalue weighted by Crippen LogP contribution is -2.28. The van der Waals surface area contributed by atoms with Gasteiger partial charge in [0.1, 0.15) is 0 Å². The molecule has 0 aliphatic carbocycles. The molecule has 0 spiro atoms. The van der Waals surface area contributed by atoms with Gasteiger partial charge in [0.25, 0.3) is 0 Å². The van der Waals surface area contributed by atoms with Crippen LogP contribution in [0.2, 0.25) is 5.02 Å². The lowest BCUT2D eigenvalue weighted by atomic mass is 10.1. The Labute approximate surface area is 132 Å². The Morgan fingerprint density at radius 1 is 1.29 bits per heavy atom. The number of rotatable bonds is 5. The zero-order valence-corrected chi connectivity index (χ0v) is 14.0. The van der Waals surface area contributed by atoms with Gasteiger partial charge in [0.15, 0.2) is 9.84 Å². The van der Waals surface area contributed by atoms with Gasteiger partial charge < -0.3 is 10.2 Å². The van der Waals surface area contributed by atoms with E-state index < -0.39 is 9.84 Å². The topological polar surface area (TPSA) is 49.4 Å². The molecule has 0 saturated carbocycles. The fraction of sp³-hybridized carbons (Fsp3) is 0.600. The number of benzene rings is 1. The predicted molar refractivity (Wildman–Crippen MR) is 88.9 cm³/mol. The molecule has 118 valence electrons. The highest BCUT2D eigenvalue weighted by Gasteiger charge is 2.21. The maximum Gasteiger partial charge on any atom is 0.152 e. The molecule has 4 nitrogen and oxygen atoms in total. The minimum atomic E-state index is -2.89. The molecule has 0 bridgehead atoms. The van der Waals surface area contributed by atoms with Crippen LogP contribution in [0.5, 0.6) is 0 Å². The van der Waals surface area contributed by atoms with Crippen molar-refractivity contribution < 1.29 is 8.42 Å². The smallest absolute Gasteiger partial charge is 0.152 e. The molecule has 2 rings (SSSR count). The molecule has 1 aliphatic rings. The summed E-state index contributed by atoms with van der Waals surface area (Å²) in [7, 11) is -2.89. The van der Waals surface area contributed by atoms with E-state index in [1.54, 1.807) is 0 Å². The third-order valence-corrected chi connectivity index (χ3v) is 5.64. The van der Waals surface area contributed by atoms with Crippen LogP contribution in [0.4, 0.5) is 5.69 Å². The summed E-state index contributed by atoms with van der Waals surface area (Å²) in [6.45, 7) is 5.19. The van der Waals surface area contributed by atoms with Crippen LogP contribution in [-0.2, 0) is 16.4 Å². The summed E-state index contributed by atoms with van der Waals surface area (Å²) in [6, 6.07) is 5.87. The normalized spacial score (nSPS) is 18.5. The zero-order valence-electron chi connectivity index (χ0n) is 12.4. The standard InChI is InChI=1S/C15H23ClN2O2S/c1-2-6-17-12-13-4-5-14(16)11-15(13)18-7-3-9-21(19,20)10-8-18/h4-5,11,17H,2-3,6-10,12H2,1H3. The number of halogens is 1. The third-order valence-electron chi connectivity index (χ3n) is 3.69. The molecule has 1 aromatic rings. The van der Waals surface area contributed by atoms with Crippen molar-refractivity contribution in [3.8, 4) is 0 Å². The first kappa shape index (κ1) is 16.6. The van der Waals surface area contributed by atoms with E-state index in [9.17, 15) is 8.42 Å². The van der Waals surface area contributed by atoms with Crippen molar-refractivity contribution in [1.82, 2.24) is 5.32 Å². The van der Waals surface area contributed by atoms with E-state index in [1.807, 2.05) is 18.2 Å². The fourth-order valence-corrected chi connectivity index (χ4v) is 4.00. The van der Waals surface area contributed by atoms with Crippen LogP contribution in [-0.4, -0.2) is 39.6 Å². The SMILES string of the molecule is CCCNCc1ccc(Cl)cc1N1CCCS(=O)(=O)CC1. The second kappa shape index (κ2) is 7.47. The van der Waals surface area contributed by atoms with Crippen LogP contribution >= 0.6 is 11.6 Å². The average molecular weight is 331 g/mol. The predicted octanol–water partition coefficient (Wildman–Crippen LogP) is 2.46. The van der Waals surface area contributed by atoms with Gasteiger partial charge in [-0.2, -0.15) is 0 Å². The van der Waals surface area contributed by atoms with Crippen LogP contribution in [0, 0.1) is 0 Å². The molecule has 0 atom stereocenters. The molecule has 0 aromatic heterocycles. The molecule has 0 radical (unpaired) electrons. The number of nitrogens with one attached hydrogen (secondary N) is 1. The van der Waals surface area contributed by atoms with Crippen LogP contribution < -0.4 is 10.2 Å². The maximum absolute atomic E-state index is 11.7. The lowest BCUT2D eigenvalue weighted by Gasteiger charge is -2.25. The molecule has 0 amide bonds. The van der Waals surface area contributed by atoms with Gasteiger partial charge in [-0.15, -0.1) is 0 Å². The first-order chi connectivity index (χ1) is 10.0.